The summed E-state index contributed by atoms with van der Waals surface area (Å²) in [4.78, 5) is 27.3. The van der Waals surface area contributed by atoms with Crippen LogP contribution in [0.4, 0.5) is 0 Å². The van der Waals surface area contributed by atoms with Crippen molar-refractivity contribution >= 4 is 49.4 Å². The van der Waals surface area contributed by atoms with Gasteiger partial charge in [0.15, 0.2) is 5.78 Å². The van der Waals surface area contributed by atoms with Crippen LogP contribution in [-0.2, 0) is 24.9 Å². The fourth-order valence-electron chi connectivity index (χ4n) is 3.48. The molecule has 0 spiro atoms. The third-order valence-electron chi connectivity index (χ3n) is 4.92. The van der Waals surface area contributed by atoms with Crippen LogP contribution in [-0.4, -0.2) is 30.8 Å². The maximum Gasteiger partial charge on any atom is 0.155 e. The van der Waals surface area contributed by atoms with E-state index in [1.54, 1.807) is 12.4 Å². The molecule has 4 heterocycles. The molecule has 0 saturated carbocycles. The molecule has 0 amide bonds. The van der Waals surface area contributed by atoms with E-state index in [-0.39, 0.29) is 31.6 Å². The van der Waals surface area contributed by atoms with Gasteiger partial charge in [0.05, 0.1) is 5.76 Å². The second-order valence-electron chi connectivity index (χ2n) is 7.66. The fourth-order valence-corrected chi connectivity index (χ4v) is 3.48. The molecule has 0 fully saturated rings. The van der Waals surface area contributed by atoms with Gasteiger partial charge < -0.3 is 15.1 Å². The Balaban J connectivity index is 0.000000158. The average molecular weight is 651 g/mol. The Kier molecular flexibility index (Phi) is 9.28. The molecule has 6 rings (SSSR count). The first-order valence-electron chi connectivity index (χ1n) is 10.9. The summed E-state index contributed by atoms with van der Waals surface area (Å²) in [6.07, 6.45) is 8.44. The number of allylic oxidation sites excluding steroid dienone is 2. The molecule has 36 heavy (non-hydrogen) atoms. The Morgan fingerprint density at radius 2 is 1.22 bits per heavy atom. The van der Waals surface area contributed by atoms with Crippen molar-refractivity contribution in [2.45, 2.75) is 13.8 Å². The van der Waals surface area contributed by atoms with Gasteiger partial charge in [0.2, 0.25) is 0 Å². The number of aliphatic hydroxyl groups excluding tert-OH is 1. The fraction of sp³-hybridized carbons (Fsp3) is 0.0690. The Hall–Kier alpha value is -4.06. The molecule has 7 heteroatoms. The van der Waals surface area contributed by atoms with Crippen molar-refractivity contribution in [2.75, 3.05) is 0 Å². The van der Waals surface area contributed by atoms with Gasteiger partial charge in [0.25, 0.3) is 0 Å². The maximum absolute atomic E-state index is 10.0. The van der Waals surface area contributed by atoms with E-state index >= 15 is 0 Å². The predicted molar refractivity (Wildman–Crippen MR) is 139 cm³/mol. The molecular formula is C29H22IrN4O2-2. The number of carbonyl (C=O) groups excluding carboxylic acids is 1. The number of pyridine rings is 4. The van der Waals surface area contributed by atoms with Crippen LogP contribution < -0.4 is 0 Å². The van der Waals surface area contributed by atoms with Crippen molar-refractivity contribution in [2.24, 2.45) is 0 Å². The van der Waals surface area contributed by atoms with Gasteiger partial charge in [-0.1, -0.05) is 10.8 Å². The second kappa shape index (κ2) is 12.6. The molecule has 0 saturated heterocycles. The molecular weight excluding hydrogens is 629 g/mol. The first kappa shape index (κ1) is 26.5. The van der Waals surface area contributed by atoms with Gasteiger partial charge >= 0.3 is 0 Å². The zero-order valence-electron chi connectivity index (χ0n) is 19.6. The van der Waals surface area contributed by atoms with Crippen LogP contribution in [0.15, 0.2) is 97.3 Å². The Bertz CT molecular complexity index is 1440. The molecule has 181 valence electrons. The number of benzene rings is 2. The number of hydrogen-bond donors (Lipinski definition) is 1. The SMILES string of the molecule is CC(=O)/C=C(/C)O.[Ir].[c-]1cccc2cnc3cccnc3c12.[c-]1cccc2cnc3cccnc3c12. The largest absolute Gasteiger partial charge is 0.512 e. The van der Waals surface area contributed by atoms with E-state index in [1.807, 2.05) is 73.1 Å². The minimum absolute atomic E-state index is 0. The molecule has 0 unspecified atom stereocenters. The van der Waals surface area contributed by atoms with Gasteiger partial charge in [-0.15, -0.1) is 59.3 Å². The van der Waals surface area contributed by atoms with Crippen molar-refractivity contribution in [1.82, 2.24) is 19.9 Å². The molecule has 0 aliphatic rings. The predicted octanol–water partition coefficient (Wildman–Crippen LogP) is 6.20. The number of aromatic nitrogens is 4. The topological polar surface area (TPSA) is 88.9 Å². The van der Waals surface area contributed by atoms with Crippen LogP contribution in [0.1, 0.15) is 13.8 Å². The summed E-state index contributed by atoms with van der Waals surface area (Å²) < 4.78 is 0. The van der Waals surface area contributed by atoms with Crippen molar-refractivity contribution in [1.29, 1.82) is 0 Å². The first-order valence-corrected chi connectivity index (χ1v) is 10.9. The van der Waals surface area contributed by atoms with Gasteiger partial charge in [-0.3, -0.25) is 14.8 Å². The van der Waals surface area contributed by atoms with Gasteiger partial charge in [0, 0.05) is 60.6 Å². The standard InChI is InChI=1S/2C12H7N2.C5H8O2.Ir/c2*1-2-5-10-9(4-1)8-14-11-6-3-7-13-12(10)11;1-4(6)3-5(2)7;/h2*1-4,6-8H;3,6H,1-2H3;/q2*-1;;/b;;4-3-;. The minimum atomic E-state index is -0.125. The molecule has 0 atom stereocenters. The molecule has 1 N–H and O–H groups in total. The summed E-state index contributed by atoms with van der Waals surface area (Å²) >= 11 is 0. The maximum atomic E-state index is 10.0. The summed E-state index contributed by atoms with van der Waals surface area (Å²) in [5.74, 6) is -0.0625. The van der Waals surface area contributed by atoms with E-state index < -0.39 is 0 Å². The van der Waals surface area contributed by atoms with Crippen molar-refractivity contribution in [3.63, 3.8) is 0 Å². The van der Waals surface area contributed by atoms with Crippen molar-refractivity contribution < 1.29 is 30.0 Å². The van der Waals surface area contributed by atoms with Crippen LogP contribution in [0.2, 0.25) is 0 Å². The number of carbonyl (C=O) groups is 1. The monoisotopic (exact) mass is 651 g/mol. The molecule has 0 aliphatic carbocycles. The molecule has 0 bridgehead atoms. The van der Waals surface area contributed by atoms with Crippen molar-refractivity contribution in [3.05, 3.63) is 109 Å². The molecule has 1 radical (unpaired) electrons. The third-order valence-corrected chi connectivity index (χ3v) is 4.92. The van der Waals surface area contributed by atoms with E-state index in [0.29, 0.717) is 0 Å². The summed E-state index contributed by atoms with van der Waals surface area (Å²) in [6, 6.07) is 25.8. The molecule has 6 nitrogen and oxygen atoms in total. The number of nitrogens with zero attached hydrogens (tertiary/aromatic N) is 4. The Morgan fingerprint density at radius 3 is 1.61 bits per heavy atom. The second-order valence-corrected chi connectivity index (χ2v) is 7.66. The van der Waals surface area contributed by atoms with Gasteiger partial charge in [-0.05, 0) is 50.5 Å². The minimum Gasteiger partial charge on any atom is -0.512 e. The summed E-state index contributed by atoms with van der Waals surface area (Å²) in [5.41, 5.74) is 3.68. The van der Waals surface area contributed by atoms with E-state index in [4.69, 9.17) is 5.11 Å². The van der Waals surface area contributed by atoms with Gasteiger partial charge in [-0.25, -0.2) is 0 Å². The third kappa shape index (κ3) is 6.54. The van der Waals surface area contributed by atoms with Crippen LogP contribution in [0.3, 0.4) is 0 Å². The quantitative estimate of drug-likeness (QED) is 0.0987. The number of hydrogen-bond acceptors (Lipinski definition) is 6. The smallest absolute Gasteiger partial charge is 0.155 e. The average Bonchev–Trinajstić information content (AvgIpc) is 2.88. The van der Waals surface area contributed by atoms with Gasteiger partial charge in [0.1, 0.15) is 0 Å². The Labute approximate surface area is 222 Å². The van der Waals surface area contributed by atoms with Crippen molar-refractivity contribution in [3.8, 4) is 0 Å². The van der Waals surface area contributed by atoms with E-state index in [0.717, 1.165) is 43.6 Å². The summed E-state index contributed by atoms with van der Waals surface area (Å²) in [6.45, 7) is 2.85. The summed E-state index contributed by atoms with van der Waals surface area (Å²) in [7, 11) is 0. The first-order chi connectivity index (χ1) is 17.0. The number of rotatable bonds is 1. The van der Waals surface area contributed by atoms with Crippen LogP contribution >= 0.6 is 0 Å². The van der Waals surface area contributed by atoms with Crippen LogP contribution in [0.5, 0.6) is 0 Å². The van der Waals surface area contributed by atoms with Gasteiger partial charge in [-0.2, -0.15) is 0 Å². The molecule has 4 aromatic heterocycles. The van der Waals surface area contributed by atoms with E-state index in [1.165, 1.54) is 19.9 Å². The number of aliphatic hydroxyl groups is 1. The summed E-state index contributed by atoms with van der Waals surface area (Å²) in [5, 5.41) is 12.6. The van der Waals surface area contributed by atoms with Crippen LogP contribution in [0.25, 0.3) is 43.6 Å². The normalized spacial score (nSPS) is 10.7. The zero-order valence-corrected chi connectivity index (χ0v) is 22.0. The van der Waals surface area contributed by atoms with E-state index in [2.05, 4.69) is 32.1 Å². The number of fused-ring (bicyclic) bond motifs is 6. The Morgan fingerprint density at radius 1 is 0.750 bits per heavy atom. The van der Waals surface area contributed by atoms with Crippen LogP contribution in [0, 0.1) is 12.1 Å². The molecule has 2 aromatic carbocycles. The molecule has 0 aliphatic heterocycles. The van der Waals surface area contributed by atoms with E-state index in [9.17, 15) is 4.79 Å². The zero-order chi connectivity index (χ0) is 24.6. The number of ketones is 1. The molecule has 6 aromatic rings.